The number of ether oxygens (including phenoxy) is 1. The number of carbonyl (C=O) groups excluding carboxylic acids is 1. The number of nitriles is 1. The number of amides is 1. The van der Waals surface area contributed by atoms with Crippen molar-refractivity contribution in [3.05, 3.63) is 11.9 Å². The van der Waals surface area contributed by atoms with E-state index in [0.29, 0.717) is 6.54 Å². The molecule has 1 atom stereocenters. The Morgan fingerprint density at radius 1 is 1.63 bits per heavy atom. The summed E-state index contributed by atoms with van der Waals surface area (Å²) < 4.78 is 6.19. The zero-order chi connectivity index (χ0) is 13.8. The standard InChI is InChI=1S/C10H11N5O4/c11-3-7-4-14(1-2-19-7)10(18)8-5-15(13-12-8)6-9(16)17/h5,7H,1-2,4,6H2,(H,16,17). The van der Waals surface area contributed by atoms with Gasteiger partial charge in [0.25, 0.3) is 5.91 Å². The fourth-order valence-electron chi connectivity index (χ4n) is 1.69. The first-order chi connectivity index (χ1) is 9.10. The summed E-state index contributed by atoms with van der Waals surface area (Å²) in [6.07, 6.45) is 0.625. The molecule has 0 bridgehead atoms. The quantitative estimate of drug-likeness (QED) is 0.722. The SMILES string of the molecule is N#CC1CN(C(=O)c2cn(CC(=O)O)nn2)CCO1. The first-order valence-electron chi connectivity index (χ1n) is 5.52. The second-order valence-corrected chi connectivity index (χ2v) is 3.93. The summed E-state index contributed by atoms with van der Waals surface area (Å²) in [6, 6.07) is 1.94. The van der Waals surface area contributed by atoms with Crippen molar-refractivity contribution < 1.29 is 19.4 Å². The van der Waals surface area contributed by atoms with Crippen LogP contribution in [-0.4, -0.2) is 62.7 Å². The third-order valence-corrected chi connectivity index (χ3v) is 2.55. The molecule has 1 aliphatic rings. The normalized spacial score (nSPS) is 18.9. The molecule has 1 fully saturated rings. The smallest absolute Gasteiger partial charge is 0.325 e. The maximum Gasteiger partial charge on any atom is 0.325 e. The van der Waals surface area contributed by atoms with Gasteiger partial charge in [0.2, 0.25) is 0 Å². The van der Waals surface area contributed by atoms with Crippen molar-refractivity contribution >= 4 is 11.9 Å². The van der Waals surface area contributed by atoms with E-state index >= 15 is 0 Å². The Labute approximate surface area is 108 Å². The van der Waals surface area contributed by atoms with Crippen LogP contribution in [0.15, 0.2) is 6.20 Å². The van der Waals surface area contributed by atoms with Gasteiger partial charge in [0.15, 0.2) is 11.8 Å². The minimum atomic E-state index is -1.07. The summed E-state index contributed by atoms with van der Waals surface area (Å²) in [5.41, 5.74) is 0.0554. The highest BCUT2D eigenvalue weighted by molar-refractivity contribution is 5.92. The van der Waals surface area contributed by atoms with Crippen LogP contribution in [0.4, 0.5) is 0 Å². The van der Waals surface area contributed by atoms with E-state index in [-0.39, 0.29) is 31.3 Å². The number of carbonyl (C=O) groups is 2. The molecule has 19 heavy (non-hydrogen) atoms. The molecule has 1 aromatic heterocycles. The van der Waals surface area contributed by atoms with Crippen LogP contribution >= 0.6 is 0 Å². The summed E-state index contributed by atoms with van der Waals surface area (Å²) in [5.74, 6) is -1.46. The van der Waals surface area contributed by atoms with Crippen molar-refractivity contribution in [1.82, 2.24) is 19.9 Å². The van der Waals surface area contributed by atoms with E-state index in [0.717, 1.165) is 4.68 Å². The van der Waals surface area contributed by atoms with Gasteiger partial charge in [0.05, 0.1) is 25.4 Å². The van der Waals surface area contributed by atoms with Gasteiger partial charge in [0.1, 0.15) is 6.54 Å². The van der Waals surface area contributed by atoms with Crippen molar-refractivity contribution in [1.29, 1.82) is 5.26 Å². The molecule has 9 nitrogen and oxygen atoms in total. The minimum Gasteiger partial charge on any atom is -0.480 e. The van der Waals surface area contributed by atoms with Crippen LogP contribution < -0.4 is 0 Å². The lowest BCUT2D eigenvalue weighted by molar-refractivity contribution is -0.137. The van der Waals surface area contributed by atoms with Gasteiger partial charge in [-0.05, 0) is 0 Å². The minimum absolute atomic E-state index is 0.0554. The summed E-state index contributed by atoms with van der Waals surface area (Å²) >= 11 is 0. The van der Waals surface area contributed by atoms with Gasteiger partial charge in [0, 0.05) is 6.54 Å². The van der Waals surface area contributed by atoms with E-state index in [1.54, 1.807) is 0 Å². The Morgan fingerprint density at radius 2 is 2.42 bits per heavy atom. The zero-order valence-electron chi connectivity index (χ0n) is 9.89. The summed E-state index contributed by atoms with van der Waals surface area (Å²) in [4.78, 5) is 24.0. The van der Waals surface area contributed by atoms with Gasteiger partial charge in [-0.25, -0.2) is 4.68 Å². The number of aromatic nitrogens is 3. The molecule has 1 N–H and O–H groups in total. The van der Waals surface area contributed by atoms with Gasteiger partial charge in [-0.15, -0.1) is 5.10 Å². The highest BCUT2D eigenvalue weighted by atomic mass is 16.5. The number of carboxylic acid groups (broad SMARTS) is 1. The summed E-state index contributed by atoms with van der Waals surface area (Å²) in [7, 11) is 0. The monoisotopic (exact) mass is 265 g/mol. The zero-order valence-corrected chi connectivity index (χ0v) is 9.89. The lowest BCUT2D eigenvalue weighted by Crippen LogP contribution is -2.45. The Bertz CT molecular complexity index is 534. The molecule has 1 aromatic rings. The third-order valence-electron chi connectivity index (χ3n) is 2.55. The molecule has 9 heteroatoms. The molecule has 0 aliphatic carbocycles. The molecule has 0 saturated carbocycles. The number of aliphatic carboxylic acids is 1. The maximum atomic E-state index is 12.1. The molecule has 2 heterocycles. The lowest BCUT2D eigenvalue weighted by Gasteiger charge is -2.28. The van der Waals surface area contributed by atoms with Crippen LogP contribution in [0.1, 0.15) is 10.5 Å². The Kier molecular flexibility index (Phi) is 3.72. The van der Waals surface area contributed by atoms with Gasteiger partial charge < -0.3 is 14.7 Å². The first-order valence-corrected chi connectivity index (χ1v) is 5.52. The fourth-order valence-corrected chi connectivity index (χ4v) is 1.69. The van der Waals surface area contributed by atoms with E-state index in [1.165, 1.54) is 11.1 Å². The van der Waals surface area contributed by atoms with Crippen LogP contribution in [-0.2, 0) is 16.1 Å². The number of hydrogen-bond acceptors (Lipinski definition) is 6. The molecule has 1 saturated heterocycles. The van der Waals surface area contributed by atoms with Gasteiger partial charge >= 0.3 is 5.97 Å². The molecular formula is C10H11N5O4. The topological polar surface area (TPSA) is 121 Å². The van der Waals surface area contributed by atoms with Crippen LogP contribution in [0, 0.1) is 11.3 Å². The molecular weight excluding hydrogens is 254 g/mol. The highest BCUT2D eigenvalue weighted by Crippen LogP contribution is 2.08. The summed E-state index contributed by atoms with van der Waals surface area (Å²) in [6.45, 7) is 0.460. The molecule has 1 unspecified atom stereocenters. The van der Waals surface area contributed by atoms with E-state index < -0.39 is 12.1 Å². The molecule has 0 spiro atoms. The number of morpholine rings is 1. The Morgan fingerprint density at radius 3 is 3.11 bits per heavy atom. The van der Waals surface area contributed by atoms with Crippen LogP contribution in [0.2, 0.25) is 0 Å². The molecule has 1 amide bonds. The molecule has 0 aromatic carbocycles. The van der Waals surface area contributed by atoms with E-state index in [2.05, 4.69) is 10.3 Å². The van der Waals surface area contributed by atoms with Crippen molar-refractivity contribution in [3.63, 3.8) is 0 Å². The van der Waals surface area contributed by atoms with E-state index in [9.17, 15) is 9.59 Å². The molecule has 1 aliphatic heterocycles. The maximum absolute atomic E-state index is 12.1. The molecule has 0 radical (unpaired) electrons. The van der Waals surface area contributed by atoms with Crippen molar-refractivity contribution in [2.24, 2.45) is 0 Å². The Balaban J connectivity index is 2.05. The average molecular weight is 265 g/mol. The second-order valence-electron chi connectivity index (χ2n) is 3.93. The third kappa shape index (κ3) is 3.05. The van der Waals surface area contributed by atoms with Crippen molar-refractivity contribution in [3.8, 4) is 6.07 Å². The van der Waals surface area contributed by atoms with Crippen LogP contribution in [0.5, 0.6) is 0 Å². The highest BCUT2D eigenvalue weighted by Gasteiger charge is 2.26. The predicted octanol–water partition coefficient (Wildman–Crippen LogP) is -1.27. The first kappa shape index (κ1) is 13.0. The fraction of sp³-hybridized carbons (Fsp3) is 0.500. The average Bonchev–Trinajstić information content (AvgIpc) is 2.85. The largest absolute Gasteiger partial charge is 0.480 e. The van der Waals surface area contributed by atoms with Gasteiger partial charge in [-0.1, -0.05) is 5.21 Å². The Hall–Kier alpha value is -2.47. The lowest BCUT2D eigenvalue weighted by atomic mass is 10.2. The predicted molar refractivity (Wildman–Crippen MR) is 58.9 cm³/mol. The molecule has 100 valence electrons. The number of hydrogen-bond donors (Lipinski definition) is 1. The van der Waals surface area contributed by atoms with Crippen LogP contribution in [0.25, 0.3) is 0 Å². The van der Waals surface area contributed by atoms with E-state index in [4.69, 9.17) is 15.1 Å². The van der Waals surface area contributed by atoms with E-state index in [1.807, 2.05) is 6.07 Å². The van der Waals surface area contributed by atoms with Crippen molar-refractivity contribution in [2.45, 2.75) is 12.6 Å². The van der Waals surface area contributed by atoms with Crippen molar-refractivity contribution in [2.75, 3.05) is 19.7 Å². The van der Waals surface area contributed by atoms with Gasteiger partial charge in [-0.3, -0.25) is 9.59 Å². The second kappa shape index (κ2) is 5.45. The summed E-state index contributed by atoms with van der Waals surface area (Å²) in [5, 5.41) is 24.5. The number of rotatable bonds is 3. The van der Waals surface area contributed by atoms with Gasteiger partial charge in [-0.2, -0.15) is 5.26 Å². The number of nitrogens with zero attached hydrogens (tertiary/aromatic N) is 5. The van der Waals surface area contributed by atoms with Crippen LogP contribution in [0.3, 0.4) is 0 Å². The number of carboxylic acids is 1. The molecule has 2 rings (SSSR count).